The monoisotopic (exact) mass is 350 g/mol. The minimum atomic E-state index is -0.323. The van der Waals surface area contributed by atoms with Gasteiger partial charge in [0.2, 0.25) is 0 Å². The van der Waals surface area contributed by atoms with Gasteiger partial charge in [0, 0.05) is 6.54 Å². The smallest absolute Gasteiger partial charge is 0.338 e. The first kappa shape index (κ1) is 17.7. The second-order valence-electron chi connectivity index (χ2n) is 5.74. The highest BCUT2D eigenvalue weighted by molar-refractivity contribution is 5.94. The molecule has 0 aliphatic carbocycles. The third kappa shape index (κ3) is 3.61. The lowest BCUT2D eigenvalue weighted by Gasteiger charge is -2.04. The predicted molar refractivity (Wildman–Crippen MR) is 103 cm³/mol. The first-order valence-electron chi connectivity index (χ1n) is 8.65. The molecule has 26 heavy (non-hydrogen) atoms. The van der Waals surface area contributed by atoms with Crippen molar-refractivity contribution in [3.05, 3.63) is 59.4 Å². The molecule has 0 aliphatic rings. The van der Waals surface area contributed by atoms with Crippen LogP contribution >= 0.6 is 0 Å². The van der Waals surface area contributed by atoms with E-state index in [1.54, 1.807) is 26.2 Å². The van der Waals surface area contributed by atoms with Crippen molar-refractivity contribution in [1.29, 1.82) is 0 Å². The van der Waals surface area contributed by atoms with Gasteiger partial charge in [0.15, 0.2) is 0 Å². The largest absolute Gasteiger partial charge is 0.497 e. The van der Waals surface area contributed by atoms with Crippen LogP contribution in [-0.2, 0) is 11.3 Å². The van der Waals surface area contributed by atoms with Gasteiger partial charge < -0.3 is 14.0 Å². The summed E-state index contributed by atoms with van der Waals surface area (Å²) in [5.74, 6) is 1.35. The van der Waals surface area contributed by atoms with Crippen LogP contribution in [0.2, 0.25) is 0 Å². The summed E-state index contributed by atoms with van der Waals surface area (Å²) in [5, 5.41) is 0. The van der Waals surface area contributed by atoms with Crippen molar-refractivity contribution >= 4 is 29.2 Å². The highest BCUT2D eigenvalue weighted by atomic mass is 16.5. The summed E-state index contributed by atoms with van der Waals surface area (Å²) in [6, 6.07) is 13.3. The molecule has 0 fully saturated rings. The van der Waals surface area contributed by atoms with Gasteiger partial charge in [-0.25, -0.2) is 9.78 Å². The fourth-order valence-electron chi connectivity index (χ4n) is 2.84. The summed E-state index contributed by atoms with van der Waals surface area (Å²) in [4.78, 5) is 16.6. The summed E-state index contributed by atoms with van der Waals surface area (Å²) in [6.45, 7) is 5.02. The zero-order valence-electron chi connectivity index (χ0n) is 15.2. The molecule has 0 amide bonds. The molecule has 0 radical (unpaired) electrons. The summed E-state index contributed by atoms with van der Waals surface area (Å²) in [7, 11) is 1.65. The second kappa shape index (κ2) is 7.87. The molecule has 134 valence electrons. The van der Waals surface area contributed by atoms with Crippen LogP contribution in [0.4, 0.5) is 0 Å². The van der Waals surface area contributed by atoms with Gasteiger partial charge in [-0.05, 0) is 55.8 Å². The summed E-state index contributed by atoms with van der Waals surface area (Å²) in [6.07, 6.45) is 3.99. The number of carbonyl (C=O) groups is 1. The summed E-state index contributed by atoms with van der Waals surface area (Å²) >= 11 is 0. The highest BCUT2D eigenvalue weighted by Gasteiger charge is 2.12. The van der Waals surface area contributed by atoms with Crippen LogP contribution in [0.25, 0.3) is 23.2 Å². The third-order valence-corrected chi connectivity index (χ3v) is 4.15. The maximum atomic E-state index is 11.9. The van der Waals surface area contributed by atoms with Crippen LogP contribution in [0.1, 0.15) is 35.6 Å². The Bertz CT molecular complexity index is 940. The van der Waals surface area contributed by atoms with Gasteiger partial charge in [-0.3, -0.25) is 0 Å². The molecular weight excluding hydrogens is 328 g/mol. The molecule has 2 aromatic carbocycles. The number of ether oxygens (including phenoxy) is 2. The first-order chi connectivity index (χ1) is 12.7. The molecule has 0 atom stereocenters. The molecule has 0 unspecified atom stereocenters. The van der Waals surface area contributed by atoms with Crippen molar-refractivity contribution < 1.29 is 14.3 Å². The quantitative estimate of drug-likeness (QED) is 0.618. The molecule has 3 rings (SSSR count). The molecule has 0 bridgehead atoms. The molecule has 0 saturated heterocycles. The Morgan fingerprint density at radius 3 is 2.54 bits per heavy atom. The summed E-state index contributed by atoms with van der Waals surface area (Å²) < 4.78 is 12.4. The molecule has 0 aliphatic heterocycles. The number of carbonyl (C=O) groups excluding carboxylic acids is 1. The molecule has 3 aromatic rings. The first-order valence-corrected chi connectivity index (χ1v) is 8.65. The highest BCUT2D eigenvalue weighted by Crippen LogP contribution is 2.21. The zero-order chi connectivity index (χ0) is 18.5. The Labute approximate surface area is 152 Å². The van der Waals surface area contributed by atoms with Gasteiger partial charge in [0.1, 0.15) is 11.6 Å². The van der Waals surface area contributed by atoms with Gasteiger partial charge in [0.05, 0.1) is 30.3 Å². The fraction of sp³-hybridized carbons (Fsp3) is 0.238. The third-order valence-electron chi connectivity index (χ3n) is 4.15. The maximum absolute atomic E-state index is 11.9. The molecule has 5 heteroatoms. The van der Waals surface area contributed by atoms with Gasteiger partial charge in [-0.1, -0.05) is 18.2 Å². The Balaban J connectivity index is 1.94. The summed E-state index contributed by atoms with van der Waals surface area (Å²) in [5.41, 5.74) is 3.36. The van der Waals surface area contributed by atoms with E-state index in [-0.39, 0.29) is 5.97 Å². The van der Waals surface area contributed by atoms with Crippen LogP contribution in [0.3, 0.4) is 0 Å². The van der Waals surface area contributed by atoms with E-state index in [1.165, 1.54) is 0 Å². The van der Waals surface area contributed by atoms with Crippen molar-refractivity contribution in [2.75, 3.05) is 13.7 Å². The second-order valence-corrected chi connectivity index (χ2v) is 5.74. The standard InChI is InChI=1S/C21H22N2O3/c1-4-23-19-12-9-16(21(24)26-5-2)14-18(19)22-20(23)13-8-15-6-10-17(25-3)11-7-15/h6-14H,4-5H2,1-3H3/b13-8+. The number of fused-ring (bicyclic) bond motifs is 1. The number of esters is 1. The van der Waals surface area contributed by atoms with Gasteiger partial charge in [0.25, 0.3) is 0 Å². The number of imidazole rings is 1. The lowest BCUT2D eigenvalue weighted by molar-refractivity contribution is 0.0526. The molecule has 0 saturated carbocycles. The number of aryl methyl sites for hydroxylation is 1. The maximum Gasteiger partial charge on any atom is 0.338 e. The van der Waals surface area contributed by atoms with Gasteiger partial charge in [-0.2, -0.15) is 0 Å². The molecule has 1 aromatic heterocycles. The van der Waals surface area contributed by atoms with Crippen LogP contribution in [0.15, 0.2) is 42.5 Å². The van der Waals surface area contributed by atoms with E-state index in [0.29, 0.717) is 12.2 Å². The number of nitrogens with zero attached hydrogens (tertiary/aromatic N) is 2. The molecule has 1 heterocycles. The Morgan fingerprint density at radius 1 is 1.12 bits per heavy atom. The number of rotatable bonds is 6. The number of aromatic nitrogens is 2. The number of benzene rings is 2. The molecular formula is C21H22N2O3. The zero-order valence-corrected chi connectivity index (χ0v) is 15.2. The number of hydrogen-bond donors (Lipinski definition) is 0. The van der Waals surface area contributed by atoms with Crippen LogP contribution < -0.4 is 4.74 Å². The topological polar surface area (TPSA) is 53.4 Å². The fourth-order valence-corrected chi connectivity index (χ4v) is 2.84. The SMILES string of the molecule is CCOC(=O)c1ccc2c(c1)nc(/C=C/c1ccc(OC)cc1)n2CC. The average molecular weight is 350 g/mol. The minimum Gasteiger partial charge on any atom is -0.497 e. The number of methoxy groups -OCH3 is 1. The average Bonchev–Trinajstić information content (AvgIpc) is 3.03. The van der Waals surface area contributed by atoms with E-state index in [4.69, 9.17) is 9.47 Å². The predicted octanol–water partition coefficient (Wildman–Crippen LogP) is 4.41. The molecule has 0 spiro atoms. The van der Waals surface area contributed by atoms with E-state index >= 15 is 0 Å². The Kier molecular flexibility index (Phi) is 5.37. The van der Waals surface area contributed by atoms with Gasteiger partial charge in [-0.15, -0.1) is 0 Å². The van der Waals surface area contributed by atoms with E-state index in [2.05, 4.69) is 16.5 Å². The lowest BCUT2D eigenvalue weighted by atomic mass is 10.2. The van der Waals surface area contributed by atoms with Crippen molar-refractivity contribution in [2.24, 2.45) is 0 Å². The van der Waals surface area contributed by atoms with E-state index in [1.807, 2.05) is 42.5 Å². The van der Waals surface area contributed by atoms with Crippen molar-refractivity contribution in [1.82, 2.24) is 9.55 Å². The van der Waals surface area contributed by atoms with Crippen LogP contribution in [-0.4, -0.2) is 29.2 Å². The normalized spacial score (nSPS) is 11.2. The van der Waals surface area contributed by atoms with E-state index < -0.39 is 0 Å². The number of hydrogen-bond acceptors (Lipinski definition) is 4. The van der Waals surface area contributed by atoms with Crippen LogP contribution in [0, 0.1) is 0 Å². The van der Waals surface area contributed by atoms with E-state index in [9.17, 15) is 4.79 Å². The Hall–Kier alpha value is -3.08. The Morgan fingerprint density at radius 2 is 1.88 bits per heavy atom. The lowest BCUT2D eigenvalue weighted by Crippen LogP contribution is -2.04. The van der Waals surface area contributed by atoms with Crippen LogP contribution in [0.5, 0.6) is 5.75 Å². The molecule has 5 nitrogen and oxygen atoms in total. The van der Waals surface area contributed by atoms with Crippen molar-refractivity contribution in [2.45, 2.75) is 20.4 Å². The molecule has 0 N–H and O–H groups in total. The van der Waals surface area contributed by atoms with E-state index in [0.717, 1.165) is 34.7 Å². The van der Waals surface area contributed by atoms with Crippen molar-refractivity contribution in [3.8, 4) is 5.75 Å². The van der Waals surface area contributed by atoms with Crippen molar-refractivity contribution in [3.63, 3.8) is 0 Å². The minimum absolute atomic E-state index is 0.323. The van der Waals surface area contributed by atoms with Gasteiger partial charge >= 0.3 is 5.97 Å².